The molecular formula is C30H33NO8. The van der Waals surface area contributed by atoms with E-state index < -0.39 is 30.1 Å². The van der Waals surface area contributed by atoms with E-state index in [-0.39, 0.29) is 32.0 Å². The van der Waals surface area contributed by atoms with Gasteiger partial charge in [0.1, 0.15) is 18.4 Å². The summed E-state index contributed by atoms with van der Waals surface area (Å²) in [5, 5.41) is 8.72. The van der Waals surface area contributed by atoms with Crippen molar-refractivity contribution in [3.8, 4) is 0 Å². The molecule has 1 fully saturated rings. The van der Waals surface area contributed by atoms with E-state index in [9.17, 15) is 14.4 Å². The second-order valence-electron chi connectivity index (χ2n) is 9.13. The molecule has 1 N–H and O–H groups in total. The molecule has 2 amide bonds. The number of carbonyl (C=O) groups is 3. The second kappa shape index (κ2) is 14.4. The molecule has 0 saturated carbocycles. The highest BCUT2D eigenvalue weighted by Crippen LogP contribution is 2.32. The zero-order chi connectivity index (χ0) is 27.5. The first-order chi connectivity index (χ1) is 19.1. The van der Waals surface area contributed by atoms with Crippen LogP contribution in [0.3, 0.4) is 0 Å². The van der Waals surface area contributed by atoms with E-state index in [1.165, 1.54) is 6.08 Å². The van der Waals surface area contributed by atoms with Crippen LogP contribution in [0.5, 0.6) is 0 Å². The Balaban J connectivity index is 1.50. The molecule has 2 aromatic carbocycles. The van der Waals surface area contributed by atoms with E-state index in [1.54, 1.807) is 12.2 Å². The molecule has 2 heterocycles. The van der Waals surface area contributed by atoms with Crippen LogP contribution in [0.1, 0.15) is 23.6 Å². The lowest BCUT2D eigenvalue weighted by atomic mass is 9.88. The largest absolute Gasteiger partial charge is 0.482 e. The number of carbonyl (C=O) groups excluding carboxylic acids is 3. The summed E-state index contributed by atoms with van der Waals surface area (Å²) in [5.41, 5.74) is 1.61. The minimum absolute atomic E-state index is 0.0325. The molecule has 0 bridgehead atoms. The van der Waals surface area contributed by atoms with Gasteiger partial charge < -0.3 is 24.1 Å². The van der Waals surface area contributed by atoms with Crippen LogP contribution < -0.4 is 0 Å². The normalized spacial score (nSPS) is 20.6. The molecule has 1 saturated heterocycles. The fourth-order valence-corrected chi connectivity index (χ4v) is 4.53. The third kappa shape index (κ3) is 7.63. The van der Waals surface area contributed by atoms with Crippen molar-refractivity contribution in [3.63, 3.8) is 0 Å². The second-order valence-corrected chi connectivity index (χ2v) is 9.13. The van der Waals surface area contributed by atoms with Gasteiger partial charge in [-0.25, -0.2) is 9.69 Å². The van der Waals surface area contributed by atoms with Gasteiger partial charge in [0.2, 0.25) is 5.91 Å². The summed E-state index contributed by atoms with van der Waals surface area (Å²) in [7, 11) is 0. The Morgan fingerprint density at radius 2 is 1.67 bits per heavy atom. The number of aliphatic hydroxyl groups excluding tert-OH is 1. The minimum atomic E-state index is -1.11. The number of amides is 2. The van der Waals surface area contributed by atoms with Gasteiger partial charge in [-0.05, 0) is 42.2 Å². The molecule has 0 aromatic heterocycles. The molecular weight excluding hydrogens is 502 g/mol. The van der Waals surface area contributed by atoms with Gasteiger partial charge in [-0.2, -0.15) is 0 Å². The van der Waals surface area contributed by atoms with Gasteiger partial charge in [0.05, 0.1) is 39.0 Å². The number of allylic oxidation sites excluding steroid dienone is 1. The molecule has 2 aliphatic heterocycles. The van der Waals surface area contributed by atoms with Crippen LogP contribution in [-0.4, -0.2) is 73.5 Å². The smallest absolute Gasteiger partial charge is 0.417 e. The lowest BCUT2D eigenvalue weighted by Gasteiger charge is -2.31. The van der Waals surface area contributed by atoms with Crippen molar-refractivity contribution < 1.29 is 38.4 Å². The Bertz CT molecular complexity index is 1160. The number of ketones is 1. The molecule has 2 aliphatic rings. The highest BCUT2D eigenvalue weighted by atomic mass is 16.6. The summed E-state index contributed by atoms with van der Waals surface area (Å²) in [5.74, 6) is -1.36. The summed E-state index contributed by atoms with van der Waals surface area (Å²) in [6, 6.07) is 18.0. The maximum Gasteiger partial charge on any atom is 0.417 e. The molecule has 39 heavy (non-hydrogen) atoms. The Morgan fingerprint density at radius 1 is 0.974 bits per heavy atom. The minimum Gasteiger partial charge on any atom is -0.482 e. The average molecular weight is 536 g/mol. The summed E-state index contributed by atoms with van der Waals surface area (Å²) in [4.78, 5) is 40.9. The highest BCUT2D eigenvalue weighted by molar-refractivity contribution is 6.02. The SMILES string of the molecule is O=C1C=CC(=CCCOCCOCCO)OC1C(Cc1ccccc1)C(=O)N1C(=O)OCC1c1ccccc1. The molecule has 206 valence electrons. The number of imide groups is 1. The first kappa shape index (κ1) is 28.2. The maximum atomic E-state index is 14.0. The molecule has 3 unspecified atom stereocenters. The summed E-state index contributed by atoms with van der Waals surface area (Å²) in [6.07, 6.45) is 3.67. The number of aliphatic hydroxyl groups is 1. The van der Waals surface area contributed by atoms with E-state index in [1.807, 2.05) is 60.7 Å². The lowest BCUT2D eigenvalue weighted by Crippen LogP contribution is -2.47. The lowest BCUT2D eigenvalue weighted by molar-refractivity contribution is -0.143. The summed E-state index contributed by atoms with van der Waals surface area (Å²) < 4.78 is 22.0. The van der Waals surface area contributed by atoms with Crippen LogP contribution in [0, 0.1) is 5.92 Å². The fraction of sp³-hybridized carbons (Fsp3) is 0.367. The monoisotopic (exact) mass is 535 g/mol. The van der Waals surface area contributed by atoms with Gasteiger partial charge >= 0.3 is 6.09 Å². The summed E-state index contributed by atoms with van der Waals surface area (Å²) >= 11 is 0. The molecule has 4 rings (SSSR count). The molecule has 3 atom stereocenters. The Hall–Kier alpha value is -3.79. The van der Waals surface area contributed by atoms with Crippen molar-refractivity contribution in [2.75, 3.05) is 39.6 Å². The van der Waals surface area contributed by atoms with Crippen LogP contribution in [-0.2, 0) is 35.0 Å². The summed E-state index contributed by atoms with van der Waals surface area (Å²) in [6.45, 7) is 1.47. The number of ether oxygens (including phenoxy) is 4. The maximum absolute atomic E-state index is 14.0. The molecule has 9 heteroatoms. The van der Waals surface area contributed by atoms with Crippen LogP contribution in [0.2, 0.25) is 0 Å². The Kier molecular flexibility index (Phi) is 10.4. The van der Waals surface area contributed by atoms with Gasteiger partial charge in [0, 0.05) is 0 Å². The molecule has 0 spiro atoms. The number of benzene rings is 2. The van der Waals surface area contributed by atoms with Crippen LogP contribution in [0.15, 0.2) is 84.7 Å². The zero-order valence-corrected chi connectivity index (χ0v) is 21.6. The standard InChI is InChI=1S/C30H33NO8/c32-15-17-37-19-18-36-16-7-12-24-13-14-27(33)28(39-24)25(20-22-8-3-1-4-9-22)29(34)31-26(21-38-30(31)35)23-10-5-2-6-11-23/h1-6,8-14,25-26,28,32H,7,15-21H2. The van der Waals surface area contributed by atoms with E-state index in [4.69, 9.17) is 24.1 Å². The van der Waals surface area contributed by atoms with E-state index >= 15 is 0 Å². The van der Waals surface area contributed by atoms with Crippen molar-refractivity contribution in [1.82, 2.24) is 4.90 Å². The number of cyclic esters (lactones) is 1. The van der Waals surface area contributed by atoms with E-state index in [0.717, 1.165) is 16.0 Å². The van der Waals surface area contributed by atoms with Gasteiger partial charge in [0.25, 0.3) is 0 Å². The van der Waals surface area contributed by atoms with Crippen molar-refractivity contribution in [3.05, 3.63) is 95.8 Å². The molecule has 2 aromatic rings. The van der Waals surface area contributed by atoms with Crippen LogP contribution in [0.4, 0.5) is 4.79 Å². The third-order valence-corrected chi connectivity index (χ3v) is 6.45. The predicted octanol–water partition coefficient (Wildman–Crippen LogP) is 3.39. The molecule has 0 radical (unpaired) electrons. The molecule has 9 nitrogen and oxygen atoms in total. The topological polar surface area (TPSA) is 112 Å². The van der Waals surface area contributed by atoms with Crippen LogP contribution >= 0.6 is 0 Å². The zero-order valence-electron chi connectivity index (χ0n) is 21.6. The first-order valence-electron chi connectivity index (χ1n) is 13.0. The van der Waals surface area contributed by atoms with Crippen LogP contribution in [0.25, 0.3) is 0 Å². The number of hydrogen-bond acceptors (Lipinski definition) is 8. The number of rotatable bonds is 13. The third-order valence-electron chi connectivity index (χ3n) is 6.45. The quantitative estimate of drug-likeness (QED) is 0.389. The first-order valence-corrected chi connectivity index (χ1v) is 13.0. The predicted molar refractivity (Wildman–Crippen MR) is 141 cm³/mol. The van der Waals surface area contributed by atoms with E-state index in [0.29, 0.717) is 32.0 Å². The van der Waals surface area contributed by atoms with Gasteiger partial charge in [-0.3, -0.25) is 9.59 Å². The van der Waals surface area contributed by atoms with Crippen molar-refractivity contribution >= 4 is 17.8 Å². The Labute approximate surface area is 227 Å². The van der Waals surface area contributed by atoms with Crippen molar-refractivity contribution in [2.45, 2.75) is 25.0 Å². The Morgan fingerprint density at radius 3 is 2.38 bits per heavy atom. The van der Waals surface area contributed by atoms with Crippen molar-refractivity contribution in [2.24, 2.45) is 5.92 Å². The molecule has 0 aliphatic carbocycles. The average Bonchev–Trinajstić information content (AvgIpc) is 3.36. The number of nitrogens with zero attached hydrogens (tertiary/aromatic N) is 1. The van der Waals surface area contributed by atoms with Crippen molar-refractivity contribution in [1.29, 1.82) is 0 Å². The van der Waals surface area contributed by atoms with Gasteiger partial charge in [0.15, 0.2) is 11.9 Å². The van der Waals surface area contributed by atoms with E-state index in [2.05, 4.69) is 0 Å². The fourth-order valence-electron chi connectivity index (χ4n) is 4.53. The number of hydrogen-bond donors (Lipinski definition) is 1. The van der Waals surface area contributed by atoms with Gasteiger partial charge in [-0.15, -0.1) is 0 Å². The van der Waals surface area contributed by atoms with Gasteiger partial charge in [-0.1, -0.05) is 60.7 Å². The highest BCUT2D eigenvalue weighted by Gasteiger charge is 2.46.